The zero-order chi connectivity index (χ0) is 28.6. The number of carbonyl (C=O) groups excluding carboxylic acids is 4. The van der Waals surface area contributed by atoms with Crippen LogP contribution >= 0.6 is 0 Å². The van der Waals surface area contributed by atoms with Crippen LogP contribution < -0.4 is 10.6 Å². The van der Waals surface area contributed by atoms with Crippen LogP contribution in [0.3, 0.4) is 0 Å². The molecule has 11 heteroatoms. The number of aromatic hydroxyl groups is 1. The maximum atomic E-state index is 13.8. The van der Waals surface area contributed by atoms with Gasteiger partial charge in [0.25, 0.3) is 0 Å². The van der Waals surface area contributed by atoms with Crippen LogP contribution in [0, 0.1) is 6.92 Å². The Hall–Kier alpha value is -3.34. The third-order valence-corrected chi connectivity index (χ3v) is 5.14. The second-order valence-corrected chi connectivity index (χ2v) is 10.5. The summed E-state index contributed by atoms with van der Waals surface area (Å²) in [6, 6.07) is 2.01. The number of phenols is 1. The van der Waals surface area contributed by atoms with Gasteiger partial charge in [-0.2, -0.15) is 0 Å². The van der Waals surface area contributed by atoms with Crippen molar-refractivity contribution in [1.29, 1.82) is 0 Å². The van der Waals surface area contributed by atoms with E-state index in [1.165, 1.54) is 11.0 Å². The molecule has 0 saturated carbocycles. The Morgan fingerprint density at radius 2 is 1.70 bits per heavy atom. The fraction of sp³-hybridized carbons (Fsp3) is 0.615. The normalized spacial score (nSPS) is 13.2. The van der Waals surface area contributed by atoms with Crippen LogP contribution in [-0.2, 0) is 23.9 Å². The van der Waals surface area contributed by atoms with Crippen molar-refractivity contribution in [1.82, 2.24) is 15.5 Å². The molecule has 1 aromatic rings. The van der Waals surface area contributed by atoms with Crippen LogP contribution in [0.5, 0.6) is 5.75 Å². The van der Waals surface area contributed by atoms with Gasteiger partial charge in [-0.25, -0.2) is 4.79 Å². The first-order valence-corrected chi connectivity index (χ1v) is 12.2. The number of aryl methyl sites for hydroxylation is 1. The third kappa shape index (κ3) is 9.56. The monoisotopic (exact) mass is 523 g/mol. The molecule has 2 atom stereocenters. The SMILES string of the molecule is CCOC(=O)CCNC(=O)C(c1cccc(C)c1O)N(C(=O)C(CO)NC(=O)OC(C)(C)C)C(C)(C)C. The lowest BCUT2D eigenvalue weighted by atomic mass is 9.94. The molecule has 3 amide bonds. The predicted molar refractivity (Wildman–Crippen MR) is 137 cm³/mol. The maximum absolute atomic E-state index is 13.8. The molecule has 0 aromatic heterocycles. The molecule has 208 valence electrons. The van der Waals surface area contributed by atoms with E-state index >= 15 is 0 Å². The maximum Gasteiger partial charge on any atom is 0.408 e. The standard InChI is InChI=1S/C26H41N3O8/c1-9-36-19(31)13-14-27-22(33)20(17-12-10-11-16(2)21(17)32)29(25(3,4)5)23(34)18(15-30)28-24(35)37-26(6,7)8/h10-12,18,20,30,32H,9,13-15H2,1-8H3,(H,27,33)(H,28,35). The molecule has 11 nitrogen and oxygen atoms in total. The fourth-order valence-corrected chi connectivity index (χ4v) is 3.57. The van der Waals surface area contributed by atoms with E-state index in [0.717, 1.165) is 0 Å². The van der Waals surface area contributed by atoms with Gasteiger partial charge in [-0.1, -0.05) is 18.2 Å². The van der Waals surface area contributed by atoms with Gasteiger partial charge in [0.15, 0.2) is 0 Å². The first kappa shape index (κ1) is 31.7. The predicted octanol–water partition coefficient (Wildman–Crippen LogP) is 2.32. The summed E-state index contributed by atoms with van der Waals surface area (Å²) in [4.78, 5) is 52.6. The van der Waals surface area contributed by atoms with Crippen molar-refractivity contribution in [2.24, 2.45) is 0 Å². The molecular weight excluding hydrogens is 482 g/mol. The summed E-state index contributed by atoms with van der Waals surface area (Å²) in [7, 11) is 0. The molecule has 0 fully saturated rings. The van der Waals surface area contributed by atoms with E-state index in [9.17, 15) is 29.4 Å². The van der Waals surface area contributed by atoms with Crippen molar-refractivity contribution in [2.75, 3.05) is 19.8 Å². The number of nitrogens with zero attached hydrogens (tertiary/aromatic N) is 1. The number of aliphatic hydroxyl groups excluding tert-OH is 1. The largest absolute Gasteiger partial charge is 0.507 e. The lowest BCUT2D eigenvalue weighted by molar-refractivity contribution is -0.149. The molecule has 0 heterocycles. The van der Waals surface area contributed by atoms with Crippen LogP contribution in [0.2, 0.25) is 0 Å². The number of hydrogen-bond acceptors (Lipinski definition) is 8. The highest BCUT2D eigenvalue weighted by Gasteiger charge is 2.42. The topological polar surface area (TPSA) is 154 Å². The number of phenolic OH excluding ortho intramolecular Hbond substituents is 1. The van der Waals surface area contributed by atoms with Crippen molar-refractivity contribution >= 4 is 23.9 Å². The van der Waals surface area contributed by atoms with E-state index < -0.39 is 53.7 Å². The lowest BCUT2D eigenvalue weighted by Gasteiger charge is -2.43. The number of para-hydroxylation sites is 1. The molecule has 0 aliphatic rings. The number of aliphatic hydroxyl groups is 1. The Morgan fingerprint density at radius 3 is 2.22 bits per heavy atom. The highest BCUT2D eigenvalue weighted by Crippen LogP contribution is 2.36. The van der Waals surface area contributed by atoms with Crippen molar-refractivity contribution in [2.45, 2.75) is 85.0 Å². The number of benzene rings is 1. The number of amides is 3. The van der Waals surface area contributed by atoms with Gasteiger partial charge >= 0.3 is 12.1 Å². The van der Waals surface area contributed by atoms with Gasteiger partial charge in [0.2, 0.25) is 11.8 Å². The highest BCUT2D eigenvalue weighted by molar-refractivity contribution is 5.93. The molecule has 1 rings (SSSR count). The first-order chi connectivity index (χ1) is 17.0. The zero-order valence-corrected chi connectivity index (χ0v) is 23.0. The van der Waals surface area contributed by atoms with Crippen LogP contribution in [0.1, 0.15) is 72.1 Å². The molecule has 0 radical (unpaired) electrons. The minimum absolute atomic E-state index is 0.0630. The van der Waals surface area contributed by atoms with Gasteiger partial charge in [0, 0.05) is 17.6 Å². The molecule has 37 heavy (non-hydrogen) atoms. The number of hydrogen-bond donors (Lipinski definition) is 4. The van der Waals surface area contributed by atoms with Gasteiger partial charge < -0.3 is 35.2 Å². The zero-order valence-electron chi connectivity index (χ0n) is 23.0. The minimum atomic E-state index is -1.43. The van der Waals surface area contributed by atoms with Crippen LogP contribution in [0.15, 0.2) is 18.2 Å². The second-order valence-electron chi connectivity index (χ2n) is 10.5. The van der Waals surface area contributed by atoms with E-state index in [4.69, 9.17) is 9.47 Å². The average Bonchev–Trinajstić information content (AvgIpc) is 2.75. The average molecular weight is 524 g/mol. The summed E-state index contributed by atoms with van der Waals surface area (Å²) in [5, 5.41) is 25.8. The number of carbonyl (C=O) groups is 4. The van der Waals surface area contributed by atoms with Crippen LogP contribution in [0.4, 0.5) is 4.79 Å². The van der Waals surface area contributed by atoms with Crippen LogP contribution in [-0.4, -0.2) is 75.9 Å². The van der Waals surface area contributed by atoms with Gasteiger partial charge in [0.1, 0.15) is 23.4 Å². The Balaban J connectivity index is 3.47. The molecule has 2 unspecified atom stereocenters. The van der Waals surface area contributed by atoms with Gasteiger partial charge in [-0.15, -0.1) is 0 Å². The number of alkyl carbamates (subject to hydrolysis) is 1. The number of nitrogens with one attached hydrogen (secondary N) is 2. The molecule has 1 aromatic carbocycles. The van der Waals surface area contributed by atoms with E-state index in [2.05, 4.69) is 10.6 Å². The Kier molecular flexibility index (Phi) is 11.4. The number of ether oxygens (including phenoxy) is 2. The van der Waals surface area contributed by atoms with E-state index in [-0.39, 0.29) is 30.9 Å². The molecule has 0 aliphatic carbocycles. The van der Waals surface area contributed by atoms with Crippen molar-refractivity contribution < 1.29 is 38.9 Å². The quantitative estimate of drug-likeness (QED) is 0.341. The summed E-state index contributed by atoms with van der Waals surface area (Å²) < 4.78 is 10.1. The Morgan fingerprint density at radius 1 is 1.08 bits per heavy atom. The Bertz CT molecular complexity index is 966. The summed E-state index contributed by atoms with van der Waals surface area (Å²) in [5.41, 5.74) is -1.23. The fourth-order valence-electron chi connectivity index (χ4n) is 3.57. The second kappa shape index (κ2) is 13.3. The lowest BCUT2D eigenvalue weighted by Crippen LogP contribution is -2.59. The number of rotatable bonds is 10. The van der Waals surface area contributed by atoms with E-state index in [1.807, 2.05) is 0 Å². The van der Waals surface area contributed by atoms with Crippen molar-refractivity contribution in [3.63, 3.8) is 0 Å². The summed E-state index contributed by atoms with van der Waals surface area (Å²) in [6.45, 7) is 12.7. The van der Waals surface area contributed by atoms with E-state index in [1.54, 1.807) is 67.5 Å². The van der Waals surface area contributed by atoms with Crippen molar-refractivity contribution in [3.05, 3.63) is 29.3 Å². The summed E-state index contributed by atoms with van der Waals surface area (Å²) in [6.07, 6.45) is -1.00. The van der Waals surface area contributed by atoms with Crippen LogP contribution in [0.25, 0.3) is 0 Å². The summed E-state index contributed by atoms with van der Waals surface area (Å²) in [5.74, 6) is -2.12. The highest BCUT2D eigenvalue weighted by atomic mass is 16.6. The van der Waals surface area contributed by atoms with E-state index in [0.29, 0.717) is 5.56 Å². The third-order valence-electron chi connectivity index (χ3n) is 5.14. The molecule has 0 bridgehead atoms. The molecule has 4 N–H and O–H groups in total. The van der Waals surface area contributed by atoms with Gasteiger partial charge in [-0.05, 0) is 61.0 Å². The van der Waals surface area contributed by atoms with Gasteiger partial charge in [-0.3, -0.25) is 14.4 Å². The Labute approximate surface area is 218 Å². The minimum Gasteiger partial charge on any atom is -0.507 e. The van der Waals surface area contributed by atoms with Gasteiger partial charge in [0.05, 0.1) is 19.6 Å². The molecular formula is C26H41N3O8. The summed E-state index contributed by atoms with van der Waals surface area (Å²) >= 11 is 0. The molecule has 0 aliphatic heterocycles. The van der Waals surface area contributed by atoms with Crippen molar-refractivity contribution in [3.8, 4) is 5.75 Å². The smallest absolute Gasteiger partial charge is 0.408 e. The molecule has 0 saturated heterocycles. The number of esters is 1. The molecule has 0 spiro atoms. The first-order valence-electron chi connectivity index (χ1n) is 12.2.